The quantitative estimate of drug-likeness (QED) is 0.701. The van der Waals surface area contributed by atoms with Crippen LogP contribution in [0.5, 0.6) is 5.75 Å². The molecule has 0 bridgehead atoms. The van der Waals surface area contributed by atoms with Crippen LogP contribution in [0.4, 0.5) is 0 Å². The zero-order valence-electron chi connectivity index (χ0n) is 7.51. The van der Waals surface area contributed by atoms with Crippen molar-refractivity contribution in [3.8, 4) is 5.75 Å². The van der Waals surface area contributed by atoms with Crippen molar-refractivity contribution in [2.45, 2.75) is 6.23 Å². The second kappa shape index (κ2) is 3.71. The lowest BCUT2D eigenvalue weighted by Crippen LogP contribution is -1.98. The molecule has 0 fully saturated rings. The maximum atomic E-state index is 5.19. The Morgan fingerprint density at radius 1 is 1.50 bits per heavy atom. The lowest BCUT2D eigenvalue weighted by Gasteiger charge is -2.07. The number of azo groups is 1. The minimum Gasteiger partial charge on any atom is -0.497 e. The fraction of sp³-hybridized carbons (Fsp3) is 0.222. The topological polar surface area (TPSA) is 43.2 Å². The van der Waals surface area contributed by atoms with Crippen LogP contribution in [0.25, 0.3) is 0 Å². The van der Waals surface area contributed by atoms with Gasteiger partial charge in [-0.05, 0) is 24.4 Å². The number of methoxy groups -OCH3 is 1. The van der Waals surface area contributed by atoms with E-state index in [1.807, 2.05) is 24.3 Å². The first kappa shape index (κ1) is 9.08. The molecule has 1 heterocycles. The molecule has 1 aromatic carbocycles. The standard InChI is InChI=1S/C9H8N2O2S/c1-12-7-4-2-3-6(5-7)8-10-11-9(14)13-8/h2-5,8H,1H3. The second-order valence-corrected chi connectivity index (χ2v) is 3.08. The first-order chi connectivity index (χ1) is 6.79. The molecule has 4 nitrogen and oxygen atoms in total. The Labute approximate surface area is 86.6 Å². The molecule has 0 saturated heterocycles. The van der Waals surface area contributed by atoms with Gasteiger partial charge in [0.05, 0.1) is 7.11 Å². The van der Waals surface area contributed by atoms with Crippen molar-refractivity contribution in [1.29, 1.82) is 0 Å². The summed E-state index contributed by atoms with van der Waals surface area (Å²) < 4.78 is 10.3. The van der Waals surface area contributed by atoms with Crippen LogP contribution in [0.1, 0.15) is 11.8 Å². The van der Waals surface area contributed by atoms with Crippen LogP contribution >= 0.6 is 12.2 Å². The highest BCUT2D eigenvalue weighted by molar-refractivity contribution is 7.80. The first-order valence-corrected chi connectivity index (χ1v) is 4.46. The Morgan fingerprint density at radius 2 is 2.36 bits per heavy atom. The van der Waals surface area contributed by atoms with Gasteiger partial charge in [-0.15, -0.1) is 10.2 Å². The van der Waals surface area contributed by atoms with Crippen LogP contribution in [-0.2, 0) is 4.74 Å². The number of thiocarbonyl (C=S) groups is 1. The SMILES string of the molecule is COc1cccc(C2N=NC(=S)O2)c1. The second-order valence-electron chi connectivity index (χ2n) is 2.73. The van der Waals surface area contributed by atoms with Crippen LogP contribution in [0, 0.1) is 0 Å². The Balaban J connectivity index is 2.24. The summed E-state index contributed by atoms with van der Waals surface area (Å²) in [5.74, 6) is 0.763. The molecule has 0 aliphatic carbocycles. The molecule has 2 rings (SSSR count). The number of ether oxygens (including phenoxy) is 2. The third kappa shape index (κ3) is 1.72. The largest absolute Gasteiger partial charge is 0.497 e. The summed E-state index contributed by atoms with van der Waals surface area (Å²) in [5.41, 5.74) is 0.882. The fourth-order valence-electron chi connectivity index (χ4n) is 1.17. The van der Waals surface area contributed by atoms with E-state index in [1.165, 1.54) is 0 Å². The number of hydrogen-bond donors (Lipinski definition) is 0. The lowest BCUT2D eigenvalue weighted by molar-refractivity contribution is 0.226. The average molecular weight is 208 g/mol. The molecule has 5 heteroatoms. The monoisotopic (exact) mass is 208 g/mol. The molecule has 1 aromatic rings. The molecule has 1 aliphatic rings. The predicted octanol–water partition coefficient (Wildman–Crippen LogP) is 2.46. The highest BCUT2D eigenvalue weighted by Crippen LogP contribution is 2.27. The van der Waals surface area contributed by atoms with E-state index in [0.717, 1.165) is 11.3 Å². The number of benzene rings is 1. The molecule has 1 unspecified atom stereocenters. The summed E-state index contributed by atoms with van der Waals surface area (Å²) in [4.78, 5) is 0. The van der Waals surface area contributed by atoms with Crippen molar-refractivity contribution in [3.05, 3.63) is 29.8 Å². The molecule has 1 atom stereocenters. The third-order valence-electron chi connectivity index (χ3n) is 1.84. The molecule has 0 radical (unpaired) electrons. The van der Waals surface area contributed by atoms with E-state index in [4.69, 9.17) is 21.7 Å². The van der Waals surface area contributed by atoms with E-state index in [-0.39, 0.29) is 5.17 Å². The van der Waals surface area contributed by atoms with E-state index in [1.54, 1.807) is 7.11 Å². The van der Waals surface area contributed by atoms with Gasteiger partial charge in [0.25, 0.3) is 0 Å². The van der Waals surface area contributed by atoms with E-state index in [0.29, 0.717) is 0 Å². The van der Waals surface area contributed by atoms with Crippen LogP contribution < -0.4 is 4.74 Å². The summed E-state index contributed by atoms with van der Waals surface area (Å²) in [6, 6.07) is 7.46. The summed E-state index contributed by atoms with van der Waals surface area (Å²) in [6.07, 6.45) is -0.419. The van der Waals surface area contributed by atoms with Crippen LogP contribution in [0.15, 0.2) is 34.5 Å². The van der Waals surface area contributed by atoms with Gasteiger partial charge >= 0.3 is 5.17 Å². The smallest absolute Gasteiger partial charge is 0.304 e. The summed E-state index contributed by atoms with van der Waals surface area (Å²) in [7, 11) is 1.61. The lowest BCUT2D eigenvalue weighted by atomic mass is 10.2. The van der Waals surface area contributed by atoms with Crippen molar-refractivity contribution < 1.29 is 9.47 Å². The maximum Gasteiger partial charge on any atom is 0.304 e. The highest BCUT2D eigenvalue weighted by atomic mass is 32.1. The molecule has 0 aromatic heterocycles. The van der Waals surface area contributed by atoms with E-state index in [9.17, 15) is 0 Å². The van der Waals surface area contributed by atoms with E-state index in [2.05, 4.69) is 10.2 Å². The molecule has 72 valence electrons. The van der Waals surface area contributed by atoms with Crippen molar-refractivity contribution in [3.63, 3.8) is 0 Å². The van der Waals surface area contributed by atoms with Gasteiger partial charge in [-0.2, -0.15) is 0 Å². The van der Waals surface area contributed by atoms with Crippen molar-refractivity contribution in [2.24, 2.45) is 10.2 Å². The zero-order chi connectivity index (χ0) is 9.97. The number of hydrogen-bond acceptors (Lipinski definition) is 4. The minimum absolute atomic E-state index is 0.179. The molecule has 0 spiro atoms. The maximum absolute atomic E-state index is 5.19. The minimum atomic E-state index is -0.419. The Hall–Kier alpha value is -1.49. The van der Waals surface area contributed by atoms with Gasteiger partial charge in [-0.1, -0.05) is 12.1 Å². The van der Waals surface area contributed by atoms with E-state index < -0.39 is 6.23 Å². The van der Waals surface area contributed by atoms with Crippen LogP contribution in [0.3, 0.4) is 0 Å². The Kier molecular flexibility index (Phi) is 2.41. The van der Waals surface area contributed by atoms with Gasteiger partial charge in [0.1, 0.15) is 5.75 Å². The van der Waals surface area contributed by atoms with Crippen molar-refractivity contribution >= 4 is 17.4 Å². The number of nitrogens with zero attached hydrogens (tertiary/aromatic N) is 2. The van der Waals surface area contributed by atoms with Crippen LogP contribution in [-0.4, -0.2) is 12.3 Å². The molecular weight excluding hydrogens is 200 g/mol. The van der Waals surface area contributed by atoms with Gasteiger partial charge in [-0.3, -0.25) is 0 Å². The van der Waals surface area contributed by atoms with Gasteiger partial charge in [0, 0.05) is 5.56 Å². The highest BCUT2D eigenvalue weighted by Gasteiger charge is 2.19. The van der Waals surface area contributed by atoms with Crippen molar-refractivity contribution in [1.82, 2.24) is 0 Å². The summed E-state index contributed by atoms with van der Waals surface area (Å²) in [5, 5.41) is 7.69. The van der Waals surface area contributed by atoms with Gasteiger partial charge in [0.15, 0.2) is 0 Å². The van der Waals surface area contributed by atoms with Crippen molar-refractivity contribution in [2.75, 3.05) is 7.11 Å². The molecule has 14 heavy (non-hydrogen) atoms. The third-order valence-corrected chi connectivity index (χ3v) is 2.01. The summed E-state index contributed by atoms with van der Waals surface area (Å²) >= 11 is 4.74. The van der Waals surface area contributed by atoms with Gasteiger partial charge in [0.2, 0.25) is 6.23 Å². The zero-order valence-corrected chi connectivity index (χ0v) is 8.32. The molecule has 0 amide bonds. The predicted molar refractivity (Wildman–Crippen MR) is 54.3 cm³/mol. The Bertz CT molecular complexity index is 392. The van der Waals surface area contributed by atoms with E-state index >= 15 is 0 Å². The molecular formula is C9H8N2O2S. The molecule has 0 N–H and O–H groups in total. The Morgan fingerprint density at radius 3 is 3.00 bits per heavy atom. The molecule has 1 aliphatic heterocycles. The normalized spacial score (nSPS) is 19.5. The van der Waals surface area contributed by atoms with Crippen LogP contribution in [0.2, 0.25) is 0 Å². The van der Waals surface area contributed by atoms with Gasteiger partial charge < -0.3 is 9.47 Å². The fourth-order valence-corrected chi connectivity index (χ4v) is 1.31. The number of rotatable bonds is 2. The van der Waals surface area contributed by atoms with Gasteiger partial charge in [-0.25, -0.2) is 0 Å². The first-order valence-electron chi connectivity index (χ1n) is 4.05. The molecule has 0 saturated carbocycles. The summed E-state index contributed by atoms with van der Waals surface area (Å²) in [6.45, 7) is 0. The average Bonchev–Trinajstić information content (AvgIpc) is 2.65.